The number of nitrogens with zero attached hydrogens (tertiary/aromatic N) is 3. The van der Waals surface area contributed by atoms with E-state index in [4.69, 9.17) is 10.00 Å². The Labute approximate surface area is 108 Å². The Morgan fingerprint density at radius 2 is 2.37 bits per heavy atom. The lowest BCUT2D eigenvalue weighted by Gasteiger charge is -2.05. The molecule has 2 aromatic rings. The summed E-state index contributed by atoms with van der Waals surface area (Å²) in [4.78, 5) is 27.1. The smallest absolute Gasteiger partial charge is 0.302 e. The van der Waals surface area contributed by atoms with E-state index in [2.05, 4.69) is 10.1 Å². The highest BCUT2D eigenvalue weighted by atomic mass is 16.5. The first kappa shape index (κ1) is 12.8. The second kappa shape index (κ2) is 4.94. The molecule has 19 heavy (non-hydrogen) atoms. The molecule has 0 spiro atoms. The highest BCUT2D eigenvalue weighted by Gasteiger charge is 2.12. The Hall–Kier alpha value is -2.62. The minimum atomic E-state index is -0.390. The van der Waals surface area contributed by atoms with Crippen molar-refractivity contribution in [3.63, 3.8) is 0 Å². The molecule has 0 aromatic carbocycles. The average molecular weight is 260 g/mol. The molecule has 0 aliphatic heterocycles. The zero-order valence-corrected chi connectivity index (χ0v) is 10.6. The number of rotatable bonds is 3. The van der Waals surface area contributed by atoms with Crippen LogP contribution in [0.3, 0.4) is 0 Å². The molecule has 1 N–H and O–H groups in total. The van der Waals surface area contributed by atoms with Crippen LogP contribution in [0.1, 0.15) is 23.9 Å². The number of fused-ring (bicyclic) bond motifs is 1. The molecule has 0 radical (unpaired) electrons. The Morgan fingerprint density at radius 1 is 1.63 bits per heavy atom. The first-order valence-electron chi connectivity index (χ1n) is 5.67. The largest absolute Gasteiger partial charge is 0.466 e. The van der Waals surface area contributed by atoms with E-state index in [0.717, 1.165) is 0 Å². The standard InChI is InChI=1S/C12H12N4O3/c1-7-10(3-4-19-8(2)17)12(18)16-11(14-7)5-9(6-13)15-16/h5,15H,3-4H2,1-2H3. The van der Waals surface area contributed by atoms with E-state index in [0.29, 0.717) is 23.3 Å². The maximum Gasteiger partial charge on any atom is 0.302 e. The molecule has 0 aliphatic carbocycles. The normalized spacial score (nSPS) is 10.4. The van der Waals surface area contributed by atoms with Gasteiger partial charge in [-0.25, -0.2) is 9.50 Å². The van der Waals surface area contributed by atoms with Gasteiger partial charge in [0.15, 0.2) is 5.65 Å². The summed E-state index contributed by atoms with van der Waals surface area (Å²) in [6.45, 7) is 3.15. The average Bonchev–Trinajstić information content (AvgIpc) is 2.76. The van der Waals surface area contributed by atoms with Gasteiger partial charge in [0.05, 0.1) is 6.61 Å². The number of ether oxygens (including phenoxy) is 1. The van der Waals surface area contributed by atoms with Crippen LogP contribution in [0.4, 0.5) is 0 Å². The van der Waals surface area contributed by atoms with E-state index in [1.165, 1.54) is 17.5 Å². The third-order valence-corrected chi connectivity index (χ3v) is 2.69. The first-order valence-corrected chi connectivity index (χ1v) is 5.67. The van der Waals surface area contributed by atoms with Crippen molar-refractivity contribution < 1.29 is 9.53 Å². The van der Waals surface area contributed by atoms with Gasteiger partial charge in [-0.05, 0) is 6.92 Å². The molecular weight excluding hydrogens is 248 g/mol. The molecule has 0 fully saturated rings. The molecule has 0 saturated heterocycles. The van der Waals surface area contributed by atoms with E-state index >= 15 is 0 Å². The van der Waals surface area contributed by atoms with Gasteiger partial charge >= 0.3 is 5.97 Å². The number of hydrogen-bond donors (Lipinski definition) is 1. The summed E-state index contributed by atoms with van der Waals surface area (Å²) in [6, 6.07) is 3.42. The van der Waals surface area contributed by atoms with E-state index in [9.17, 15) is 9.59 Å². The van der Waals surface area contributed by atoms with Gasteiger partial charge in [-0.1, -0.05) is 0 Å². The molecule has 98 valence electrons. The fourth-order valence-corrected chi connectivity index (χ4v) is 1.81. The number of carbonyl (C=O) groups is 1. The fraction of sp³-hybridized carbons (Fsp3) is 0.333. The van der Waals surface area contributed by atoms with Crippen LogP contribution in [-0.4, -0.2) is 27.2 Å². The number of hydrogen-bond acceptors (Lipinski definition) is 5. The van der Waals surface area contributed by atoms with Gasteiger partial charge in [-0.2, -0.15) is 5.26 Å². The molecule has 2 aromatic heterocycles. The minimum Gasteiger partial charge on any atom is -0.466 e. The predicted molar refractivity (Wildman–Crippen MR) is 65.6 cm³/mol. The summed E-state index contributed by atoms with van der Waals surface area (Å²) >= 11 is 0. The summed E-state index contributed by atoms with van der Waals surface area (Å²) in [5, 5.41) is 11.4. The minimum absolute atomic E-state index is 0.130. The number of nitrogens with one attached hydrogen (secondary N) is 1. The maximum absolute atomic E-state index is 12.2. The van der Waals surface area contributed by atoms with Crippen LogP contribution in [0.15, 0.2) is 10.9 Å². The SMILES string of the molecule is CC(=O)OCCc1c(C)nc2cc(C#N)[nH]n2c1=O. The van der Waals surface area contributed by atoms with Crippen molar-refractivity contribution in [1.82, 2.24) is 14.6 Å². The summed E-state index contributed by atoms with van der Waals surface area (Å²) in [5.74, 6) is -0.390. The third kappa shape index (κ3) is 2.47. The van der Waals surface area contributed by atoms with Crippen LogP contribution in [0, 0.1) is 18.3 Å². The second-order valence-electron chi connectivity index (χ2n) is 4.05. The summed E-state index contributed by atoms with van der Waals surface area (Å²) in [5.41, 5.74) is 1.42. The van der Waals surface area contributed by atoms with Gasteiger partial charge < -0.3 is 4.74 Å². The lowest BCUT2D eigenvalue weighted by atomic mass is 10.2. The van der Waals surface area contributed by atoms with Gasteiger partial charge in [0, 0.05) is 30.7 Å². The van der Waals surface area contributed by atoms with Crippen LogP contribution in [0.5, 0.6) is 0 Å². The number of nitriles is 1. The quantitative estimate of drug-likeness (QED) is 0.800. The van der Waals surface area contributed by atoms with Crippen molar-refractivity contribution in [2.24, 2.45) is 0 Å². The number of aromatic amines is 1. The lowest BCUT2D eigenvalue weighted by molar-refractivity contribution is -0.140. The van der Waals surface area contributed by atoms with Crippen LogP contribution in [0.2, 0.25) is 0 Å². The zero-order valence-electron chi connectivity index (χ0n) is 10.6. The fourth-order valence-electron chi connectivity index (χ4n) is 1.81. The Balaban J connectivity index is 2.41. The van der Waals surface area contributed by atoms with Crippen LogP contribution in [0.25, 0.3) is 5.65 Å². The molecule has 2 rings (SSSR count). The monoisotopic (exact) mass is 260 g/mol. The zero-order chi connectivity index (χ0) is 14.0. The Kier molecular flexibility index (Phi) is 3.33. The number of H-pyrrole nitrogens is 1. The molecule has 7 heteroatoms. The summed E-state index contributed by atoms with van der Waals surface area (Å²) in [6.07, 6.45) is 0.293. The van der Waals surface area contributed by atoms with Gasteiger partial charge in [-0.15, -0.1) is 0 Å². The molecule has 0 aliphatic rings. The molecular formula is C12H12N4O3. The third-order valence-electron chi connectivity index (χ3n) is 2.69. The maximum atomic E-state index is 12.2. The molecule has 0 saturated carbocycles. The Morgan fingerprint density at radius 3 is 3.00 bits per heavy atom. The molecule has 0 amide bonds. The van der Waals surface area contributed by atoms with E-state index < -0.39 is 5.97 Å². The number of esters is 1. The van der Waals surface area contributed by atoms with Gasteiger partial charge in [0.2, 0.25) is 0 Å². The number of aromatic nitrogens is 3. The first-order chi connectivity index (χ1) is 9.02. The second-order valence-corrected chi connectivity index (χ2v) is 4.05. The highest BCUT2D eigenvalue weighted by molar-refractivity contribution is 5.65. The van der Waals surface area contributed by atoms with Crippen molar-refractivity contribution in [2.75, 3.05) is 6.61 Å². The predicted octanol–water partition coefficient (Wildman–Crippen LogP) is 0.308. The van der Waals surface area contributed by atoms with Gasteiger partial charge in [-0.3, -0.25) is 14.7 Å². The number of carbonyl (C=O) groups excluding carboxylic acids is 1. The highest BCUT2D eigenvalue weighted by Crippen LogP contribution is 2.06. The van der Waals surface area contributed by atoms with Crippen LogP contribution < -0.4 is 5.56 Å². The van der Waals surface area contributed by atoms with Crippen molar-refractivity contribution in [1.29, 1.82) is 5.26 Å². The van der Waals surface area contributed by atoms with Gasteiger partial charge in [0.1, 0.15) is 11.8 Å². The van der Waals surface area contributed by atoms with Gasteiger partial charge in [0.25, 0.3) is 5.56 Å². The van der Waals surface area contributed by atoms with E-state index in [1.54, 1.807) is 6.92 Å². The van der Waals surface area contributed by atoms with Crippen molar-refractivity contribution in [3.05, 3.63) is 33.4 Å². The summed E-state index contributed by atoms with van der Waals surface area (Å²) in [7, 11) is 0. The van der Waals surface area contributed by atoms with Crippen LogP contribution in [-0.2, 0) is 16.0 Å². The van der Waals surface area contributed by atoms with Crippen molar-refractivity contribution in [2.45, 2.75) is 20.3 Å². The molecule has 0 bridgehead atoms. The topological polar surface area (TPSA) is 100 Å². The molecule has 0 atom stereocenters. The van der Waals surface area contributed by atoms with E-state index in [1.807, 2.05) is 6.07 Å². The molecule has 2 heterocycles. The Bertz CT molecular complexity index is 736. The van der Waals surface area contributed by atoms with E-state index in [-0.39, 0.29) is 17.9 Å². The van der Waals surface area contributed by atoms with Crippen molar-refractivity contribution in [3.8, 4) is 6.07 Å². The molecule has 0 unspecified atom stereocenters. The van der Waals surface area contributed by atoms with Crippen LogP contribution >= 0.6 is 0 Å². The van der Waals surface area contributed by atoms with Crippen molar-refractivity contribution >= 4 is 11.6 Å². The summed E-state index contributed by atoms with van der Waals surface area (Å²) < 4.78 is 6.03. The molecule has 7 nitrogen and oxygen atoms in total. The lowest BCUT2D eigenvalue weighted by Crippen LogP contribution is -2.23. The number of aryl methyl sites for hydroxylation is 1.